The van der Waals surface area contributed by atoms with Gasteiger partial charge in [-0.05, 0) is 24.3 Å². The second kappa shape index (κ2) is 35.0. The van der Waals surface area contributed by atoms with Gasteiger partial charge in [0.25, 0.3) is 0 Å². The zero-order chi connectivity index (χ0) is 19.1. The number of aliphatic hydroxyl groups excluding tert-OH is 2. The number of rotatable bonds is 5. The van der Waals surface area contributed by atoms with Crippen LogP contribution in [0.2, 0.25) is 0 Å². The molecule has 0 amide bonds. The predicted octanol–water partition coefficient (Wildman–Crippen LogP) is -20.1. The summed E-state index contributed by atoms with van der Waals surface area (Å²) < 4.78 is 8.76. The Morgan fingerprint density at radius 1 is 0.556 bits per heavy atom. The zero-order valence-electron chi connectivity index (χ0n) is 27.3. The quantitative estimate of drug-likeness (QED) is 0.187. The number of hydrogen-bond donors (Lipinski definition) is 2. The van der Waals surface area contributed by atoms with E-state index in [1.165, 1.54) is 48.5 Å². The van der Waals surface area contributed by atoms with Gasteiger partial charge in [0.15, 0.2) is 12.2 Å². The number of hydrogen-bond acceptors (Lipinski definition) is 8. The van der Waals surface area contributed by atoms with Crippen LogP contribution in [0, 0.1) is 0 Å². The van der Waals surface area contributed by atoms with Gasteiger partial charge in [0.05, 0.1) is 11.1 Å². The fourth-order valence-corrected chi connectivity index (χ4v) is 1.83. The van der Waals surface area contributed by atoms with Crippen molar-refractivity contribution in [1.82, 2.24) is 0 Å². The standard InChI is InChI=1S/C18H14O8.2K.4Na.4H2O.6H/c19-13(17(23)25-15(21)11-7-3-1-4-8-11)14(20)18(24)26-16(22)12-9-5-2-6-10-12;;;;;;;;;;;;;;;;/h1-10,13-14,19-20H;;;;;;;4*1H2;;;;;;/q;6*+1;;;;;6*-1. The maximum Gasteiger partial charge on any atom is 1.00 e. The first-order chi connectivity index (χ1) is 12.4. The van der Waals surface area contributed by atoms with Crippen LogP contribution in [0.1, 0.15) is 29.3 Å². The van der Waals surface area contributed by atoms with E-state index in [-0.39, 0.29) is 263 Å². The molecule has 2 aromatic rings. The molecule has 10 N–H and O–H groups in total. The Hall–Kier alpha value is 3.75. The molecule has 2 unspecified atom stereocenters. The minimum absolute atomic E-state index is 0. The molecule has 0 saturated heterocycles. The average molecular weight is 607 g/mol. The molecule has 0 fully saturated rings. The van der Waals surface area contributed by atoms with E-state index in [4.69, 9.17) is 0 Å². The van der Waals surface area contributed by atoms with Crippen molar-refractivity contribution in [3.63, 3.8) is 0 Å². The normalized spacial score (nSPS) is 9.06. The zero-order valence-corrected chi connectivity index (χ0v) is 35.5. The summed E-state index contributed by atoms with van der Waals surface area (Å²) in [6.45, 7) is 0. The van der Waals surface area contributed by atoms with E-state index in [1.54, 1.807) is 12.1 Å². The van der Waals surface area contributed by atoms with Gasteiger partial charge in [-0.25, -0.2) is 19.2 Å². The molecular weight excluding hydrogens is 578 g/mol. The van der Waals surface area contributed by atoms with Gasteiger partial charge in [-0.1, -0.05) is 36.4 Å². The van der Waals surface area contributed by atoms with Gasteiger partial charge in [-0.2, -0.15) is 0 Å². The fourth-order valence-electron chi connectivity index (χ4n) is 1.83. The largest absolute Gasteiger partial charge is 1.00 e. The smallest absolute Gasteiger partial charge is 1.00 e. The molecule has 0 aliphatic heterocycles. The molecule has 0 spiro atoms. The van der Waals surface area contributed by atoms with Gasteiger partial charge in [0.1, 0.15) is 0 Å². The number of aliphatic hydroxyl groups is 2. The molecule has 2 atom stereocenters. The third-order valence-corrected chi connectivity index (χ3v) is 3.19. The Kier molecular flexibility index (Phi) is 61.3. The number of esters is 4. The van der Waals surface area contributed by atoms with Crippen molar-refractivity contribution in [1.29, 1.82) is 0 Å². The van der Waals surface area contributed by atoms with Gasteiger partial charge < -0.3 is 50.2 Å². The molecular formula is C18H28K2Na4O12. The maximum absolute atomic E-state index is 11.7. The third-order valence-electron chi connectivity index (χ3n) is 3.19. The van der Waals surface area contributed by atoms with Crippen LogP contribution in [-0.2, 0) is 19.1 Å². The molecule has 0 radical (unpaired) electrons. The first-order valence-corrected chi connectivity index (χ1v) is 7.38. The van der Waals surface area contributed by atoms with E-state index < -0.39 is 36.1 Å². The molecule has 0 bridgehead atoms. The summed E-state index contributed by atoms with van der Waals surface area (Å²) >= 11 is 0. The fraction of sp³-hybridized carbons (Fsp3) is 0.111. The van der Waals surface area contributed by atoms with Crippen molar-refractivity contribution < 1.29 is 290 Å². The summed E-state index contributed by atoms with van der Waals surface area (Å²) in [6, 6.07) is 14.8. The Morgan fingerprint density at radius 2 is 0.778 bits per heavy atom. The van der Waals surface area contributed by atoms with E-state index in [0.717, 1.165) is 0 Å². The molecule has 0 heterocycles. The van der Waals surface area contributed by atoms with Gasteiger partial charge in [-0.3, -0.25) is 0 Å². The summed E-state index contributed by atoms with van der Waals surface area (Å²) in [5.41, 5.74) is 0.0637. The molecule has 0 saturated carbocycles. The monoisotopic (exact) mass is 606 g/mol. The first-order valence-electron chi connectivity index (χ1n) is 7.38. The average Bonchev–Trinajstić information content (AvgIpc) is 2.67. The van der Waals surface area contributed by atoms with Crippen LogP contribution < -0.4 is 221 Å². The molecule has 0 aliphatic carbocycles. The number of carbonyl (C=O) groups is 4. The Bertz CT molecular complexity index is 791. The van der Waals surface area contributed by atoms with Crippen molar-refractivity contribution in [3.05, 3.63) is 71.8 Å². The summed E-state index contributed by atoms with van der Waals surface area (Å²) in [4.78, 5) is 46.8. The van der Waals surface area contributed by atoms with Crippen LogP contribution in [0.5, 0.6) is 0 Å². The van der Waals surface area contributed by atoms with E-state index >= 15 is 0 Å². The summed E-state index contributed by atoms with van der Waals surface area (Å²) in [5, 5.41) is 19.3. The SMILES string of the molecule is O.O.O.O.O=C(OC(=O)C(O)C(O)C(=O)OC(=O)c1ccccc1)c1ccccc1.[H-].[H-].[H-].[H-].[H-].[H-].[K+].[K+].[Na+].[Na+].[Na+].[Na+]. The van der Waals surface area contributed by atoms with Crippen LogP contribution >= 0.6 is 0 Å². The van der Waals surface area contributed by atoms with Crippen molar-refractivity contribution in [2.75, 3.05) is 0 Å². The molecule has 18 heteroatoms. The van der Waals surface area contributed by atoms with Crippen molar-refractivity contribution in [3.8, 4) is 0 Å². The van der Waals surface area contributed by atoms with E-state index in [1.807, 2.05) is 0 Å². The molecule has 12 nitrogen and oxygen atoms in total. The minimum Gasteiger partial charge on any atom is -1.00 e. The molecule has 178 valence electrons. The summed E-state index contributed by atoms with van der Waals surface area (Å²) in [7, 11) is 0. The van der Waals surface area contributed by atoms with Crippen LogP contribution in [0.3, 0.4) is 0 Å². The summed E-state index contributed by atoms with van der Waals surface area (Å²) in [6.07, 6.45) is -4.81. The number of carbonyl (C=O) groups excluding carboxylic acids is 4. The Morgan fingerprint density at radius 3 is 1.00 bits per heavy atom. The number of ether oxygens (including phenoxy) is 2. The second-order valence-electron chi connectivity index (χ2n) is 5.04. The molecule has 0 aromatic heterocycles. The minimum atomic E-state index is -2.40. The third kappa shape index (κ3) is 22.4. The summed E-state index contributed by atoms with van der Waals surface area (Å²) in [5.74, 6) is -5.27. The maximum atomic E-state index is 11.7. The van der Waals surface area contributed by atoms with E-state index in [9.17, 15) is 29.4 Å². The van der Waals surface area contributed by atoms with E-state index in [2.05, 4.69) is 9.47 Å². The molecule has 36 heavy (non-hydrogen) atoms. The number of benzene rings is 2. The van der Waals surface area contributed by atoms with Crippen LogP contribution in [0.25, 0.3) is 0 Å². The van der Waals surface area contributed by atoms with Crippen molar-refractivity contribution >= 4 is 23.9 Å². The van der Waals surface area contributed by atoms with E-state index in [0.29, 0.717) is 0 Å². The Labute approximate surface area is 389 Å². The topological polar surface area (TPSA) is 253 Å². The molecule has 2 aromatic carbocycles. The molecule has 0 aliphatic rings. The second-order valence-corrected chi connectivity index (χ2v) is 5.04. The Balaban J connectivity index is -0.0000000350. The van der Waals surface area contributed by atoms with Gasteiger partial charge >= 0.3 is 245 Å². The predicted molar refractivity (Wildman–Crippen MR) is 107 cm³/mol. The van der Waals surface area contributed by atoms with Crippen LogP contribution in [0.4, 0.5) is 0 Å². The van der Waals surface area contributed by atoms with Gasteiger partial charge in [-0.15, -0.1) is 0 Å². The first kappa shape index (κ1) is 63.1. The van der Waals surface area contributed by atoms with Crippen LogP contribution in [0.15, 0.2) is 60.7 Å². The van der Waals surface area contributed by atoms with Crippen LogP contribution in [-0.4, -0.2) is 68.2 Å². The van der Waals surface area contributed by atoms with Crippen molar-refractivity contribution in [2.24, 2.45) is 0 Å². The van der Waals surface area contributed by atoms with Gasteiger partial charge in [0, 0.05) is 0 Å². The van der Waals surface area contributed by atoms with Crippen molar-refractivity contribution in [2.45, 2.75) is 12.2 Å². The van der Waals surface area contributed by atoms with Gasteiger partial charge in [0.2, 0.25) is 0 Å². The molecule has 2 rings (SSSR count).